The number of aromatic nitrogens is 2. The van der Waals surface area contributed by atoms with E-state index in [-0.39, 0.29) is 17.8 Å². The second kappa shape index (κ2) is 8.38. The second-order valence-corrected chi connectivity index (χ2v) is 8.02. The van der Waals surface area contributed by atoms with Crippen molar-refractivity contribution in [2.45, 2.75) is 52.5 Å². The van der Waals surface area contributed by atoms with Gasteiger partial charge in [0, 0.05) is 35.6 Å². The van der Waals surface area contributed by atoms with Gasteiger partial charge in [0.1, 0.15) is 5.82 Å². The smallest absolute Gasteiger partial charge is 0.257 e. The summed E-state index contributed by atoms with van der Waals surface area (Å²) in [4.78, 5) is 24.5. The van der Waals surface area contributed by atoms with E-state index in [0.717, 1.165) is 43.3 Å². The van der Waals surface area contributed by atoms with E-state index < -0.39 is 0 Å². The number of rotatable bonds is 4. The third kappa shape index (κ3) is 3.86. The molecule has 1 saturated heterocycles. The SMILES string of the molecule is CC[C@H]1CCCCN1C(=O)c1cnc2nc(C)ccc2c1Nc1ccc(C)c(F)c1. The summed E-state index contributed by atoms with van der Waals surface area (Å²) >= 11 is 0. The normalized spacial score (nSPS) is 16.7. The zero-order valence-corrected chi connectivity index (χ0v) is 17.7. The van der Waals surface area contributed by atoms with Crippen molar-refractivity contribution in [2.24, 2.45) is 0 Å². The van der Waals surface area contributed by atoms with E-state index in [1.807, 2.05) is 30.0 Å². The first-order valence-corrected chi connectivity index (χ1v) is 10.6. The van der Waals surface area contributed by atoms with Crippen LogP contribution in [0.4, 0.5) is 15.8 Å². The molecule has 1 amide bonds. The molecule has 1 fully saturated rings. The van der Waals surface area contributed by atoms with Gasteiger partial charge >= 0.3 is 0 Å². The minimum absolute atomic E-state index is 0.0355. The summed E-state index contributed by atoms with van der Waals surface area (Å²) in [6.07, 6.45) is 5.71. The fourth-order valence-corrected chi connectivity index (χ4v) is 4.13. The van der Waals surface area contributed by atoms with Gasteiger partial charge in [-0.2, -0.15) is 0 Å². The van der Waals surface area contributed by atoms with Crippen molar-refractivity contribution in [1.82, 2.24) is 14.9 Å². The van der Waals surface area contributed by atoms with Crippen LogP contribution in [0.15, 0.2) is 36.5 Å². The lowest BCUT2D eigenvalue weighted by Crippen LogP contribution is -2.43. The number of amides is 1. The van der Waals surface area contributed by atoms with Gasteiger partial charge in [-0.1, -0.05) is 13.0 Å². The summed E-state index contributed by atoms with van der Waals surface area (Å²) in [6.45, 7) is 6.50. The first-order chi connectivity index (χ1) is 14.5. The number of piperidine rings is 1. The number of hydrogen-bond acceptors (Lipinski definition) is 4. The molecule has 0 unspecified atom stereocenters. The van der Waals surface area contributed by atoms with Gasteiger partial charge in [0.05, 0.1) is 11.3 Å². The number of aryl methyl sites for hydroxylation is 2. The van der Waals surface area contributed by atoms with E-state index in [9.17, 15) is 9.18 Å². The number of nitrogens with one attached hydrogen (secondary N) is 1. The van der Waals surface area contributed by atoms with Crippen molar-refractivity contribution in [1.29, 1.82) is 0 Å². The van der Waals surface area contributed by atoms with Crippen LogP contribution in [0.1, 0.15) is 54.2 Å². The topological polar surface area (TPSA) is 58.1 Å². The number of nitrogens with zero attached hydrogens (tertiary/aromatic N) is 3. The number of carbonyl (C=O) groups excluding carboxylic acids is 1. The quantitative estimate of drug-likeness (QED) is 0.619. The summed E-state index contributed by atoms with van der Waals surface area (Å²) < 4.78 is 14.2. The minimum atomic E-state index is -0.290. The van der Waals surface area contributed by atoms with E-state index in [1.165, 1.54) is 6.07 Å². The van der Waals surface area contributed by atoms with Crippen molar-refractivity contribution in [3.8, 4) is 0 Å². The van der Waals surface area contributed by atoms with Gasteiger partial charge in [-0.3, -0.25) is 4.79 Å². The zero-order valence-electron chi connectivity index (χ0n) is 17.7. The van der Waals surface area contributed by atoms with Crippen molar-refractivity contribution < 1.29 is 9.18 Å². The average molecular weight is 407 g/mol. The predicted molar refractivity (Wildman–Crippen MR) is 118 cm³/mol. The highest BCUT2D eigenvalue weighted by atomic mass is 19.1. The van der Waals surface area contributed by atoms with Gasteiger partial charge < -0.3 is 10.2 Å². The first-order valence-electron chi connectivity index (χ1n) is 10.6. The Morgan fingerprint density at radius 2 is 2.07 bits per heavy atom. The molecule has 2 aromatic heterocycles. The maximum absolute atomic E-state index is 14.2. The van der Waals surface area contributed by atoms with Gasteiger partial charge in [-0.05, 0) is 69.4 Å². The average Bonchev–Trinajstić information content (AvgIpc) is 2.75. The largest absolute Gasteiger partial charge is 0.354 e. The fourth-order valence-electron chi connectivity index (χ4n) is 4.13. The van der Waals surface area contributed by atoms with Gasteiger partial charge in [0.2, 0.25) is 0 Å². The number of likely N-dealkylation sites (tertiary alicyclic amines) is 1. The van der Waals surface area contributed by atoms with Crippen LogP contribution in [0.25, 0.3) is 11.0 Å². The van der Waals surface area contributed by atoms with E-state index in [1.54, 1.807) is 19.2 Å². The molecular formula is C24H27FN4O. The van der Waals surface area contributed by atoms with Gasteiger partial charge in [0.25, 0.3) is 5.91 Å². The van der Waals surface area contributed by atoms with E-state index in [2.05, 4.69) is 22.2 Å². The molecule has 0 saturated carbocycles. The van der Waals surface area contributed by atoms with Crippen molar-refractivity contribution in [2.75, 3.05) is 11.9 Å². The highest BCUT2D eigenvalue weighted by molar-refractivity contribution is 6.07. The lowest BCUT2D eigenvalue weighted by Gasteiger charge is -2.35. The van der Waals surface area contributed by atoms with E-state index in [4.69, 9.17) is 0 Å². The van der Waals surface area contributed by atoms with Crippen molar-refractivity contribution >= 4 is 28.3 Å². The van der Waals surface area contributed by atoms with Crippen molar-refractivity contribution in [3.05, 3.63) is 59.2 Å². The molecule has 5 nitrogen and oxygen atoms in total. The van der Waals surface area contributed by atoms with Crippen LogP contribution in [0.5, 0.6) is 0 Å². The Morgan fingerprint density at radius 1 is 1.23 bits per heavy atom. The fraction of sp³-hybridized carbons (Fsp3) is 0.375. The molecule has 3 aromatic rings. The molecule has 0 radical (unpaired) electrons. The van der Waals surface area contributed by atoms with Crippen LogP contribution in [0.2, 0.25) is 0 Å². The van der Waals surface area contributed by atoms with E-state index in [0.29, 0.717) is 28.1 Å². The number of pyridine rings is 2. The Hall–Kier alpha value is -3.02. The number of benzene rings is 1. The molecule has 30 heavy (non-hydrogen) atoms. The monoisotopic (exact) mass is 406 g/mol. The molecule has 4 rings (SSSR count). The van der Waals surface area contributed by atoms with Crippen LogP contribution in [-0.4, -0.2) is 33.4 Å². The molecule has 0 spiro atoms. The summed E-state index contributed by atoms with van der Waals surface area (Å²) in [6, 6.07) is 9.05. The summed E-state index contributed by atoms with van der Waals surface area (Å²) in [7, 11) is 0. The Bertz CT molecular complexity index is 1100. The lowest BCUT2D eigenvalue weighted by molar-refractivity contribution is 0.0609. The number of fused-ring (bicyclic) bond motifs is 1. The Morgan fingerprint density at radius 3 is 2.83 bits per heavy atom. The third-order valence-corrected chi connectivity index (χ3v) is 5.90. The molecule has 3 heterocycles. The van der Waals surface area contributed by atoms with Crippen LogP contribution >= 0.6 is 0 Å². The second-order valence-electron chi connectivity index (χ2n) is 8.02. The van der Waals surface area contributed by atoms with Crippen LogP contribution in [0.3, 0.4) is 0 Å². The Balaban J connectivity index is 1.82. The van der Waals surface area contributed by atoms with Gasteiger partial charge in [0.15, 0.2) is 5.65 Å². The molecule has 1 aliphatic heterocycles. The molecular weight excluding hydrogens is 379 g/mol. The summed E-state index contributed by atoms with van der Waals surface area (Å²) in [5.41, 5.74) is 3.70. The molecule has 1 atom stereocenters. The van der Waals surface area contributed by atoms with Gasteiger partial charge in [-0.25, -0.2) is 14.4 Å². The third-order valence-electron chi connectivity index (χ3n) is 5.90. The van der Waals surface area contributed by atoms with Gasteiger partial charge in [-0.15, -0.1) is 0 Å². The number of hydrogen-bond donors (Lipinski definition) is 1. The number of anilines is 2. The highest BCUT2D eigenvalue weighted by Gasteiger charge is 2.28. The number of halogens is 1. The van der Waals surface area contributed by atoms with Crippen LogP contribution in [0, 0.1) is 19.7 Å². The van der Waals surface area contributed by atoms with Crippen LogP contribution in [-0.2, 0) is 0 Å². The molecule has 1 aromatic carbocycles. The Labute approximate surface area is 176 Å². The van der Waals surface area contributed by atoms with Crippen LogP contribution < -0.4 is 5.32 Å². The first kappa shape index (κ1) is 20.3. The predicted octanol–water partition coefficient (Wildman–Crippen LogP) is 5.53. The summed E-state index contributed by atoms with van der Waals surface area (Å²) in [5.74, 6) is -0.325. The summed E-state index contributed by atoms with van der Waals surface area (Å²) in [5, 5.41) is 4.04. The molecule has 1 N–H and O–H groups in total. The maximum atomic E-state index is 14.2. The number of carbonyl (C=O) groups is 1. The molecule has 1 aliphatic rings. The molecule has 0 aliphatic carbocycles. The molecule has 6 heteroatoms. The highest BCUT2D eigenvalue weighted by Crippen LogP contribution is 2.32. The maximum Gasteiger partial charge on any atom is 0.257 e. The molecule has 156 valence electrons. The van der Waals surface area contributed by atoms with E-state index >= 15 is 0 Å². The van der Waals surface area contributed by atoms with Crippen molar-refractivity contribution in [3.63, 3.8) is 0 Å². The Kier molecular flexibility index (Phi) is 5.66. The lowest BCUT2D eigenvalue weighted by atomic mass is 9.98. The zero-order chi connectivity index (χ0) is 21.3. The minimum Gasteiger partial charge on any atom is -0.354 e. The standard InChI is InChI=1S/C24H27FN4O/c1-4-18-7-5-6-12-29(18)24(30)20-14-26-23-19(11-9-16(3)27-23)22(20)28-17-10-8-15(2)21(25)13-17/h8-11,13-14,18H,4-7,12H2,1-3H3,(H,26,27,28)/t18-/m0/s1. The molecule has 0 bridgehead atoms.